The first-order chi connectivity index (χ1) is 12.2. The molecule has 0 spiro atoms. The Bertz CT molecular complexity index is 936. The highest BCUT2D eigenvalue weighted by atomic mass is 19.1. The molecule has 126 valence electrons. The van der Waals surface area contributed by atoms with Crippen molar-refractivity contribution in [2.45, 2.75) is 19.8 Å². The van der Waals surface area contributed by atoms with Crippen LogP contribution in [-0.2, 0) is 6.42 Å². The lowest BCUT2D eigenvalue weighted by atomic mass is 10.0. The first kappa shape index (κ1) is 15.5. The maximum Gasteiger partial charge on any atom is 0.261 e. The molecule has 0 saturated heterocycles. The molecule has 1 aromatic carbocycles. The lowest BCUT2D eigenvalue weighted by Crippen LogP contribution is -2.36. The minimum atomic E-state index is -0.361. The molecule has 0 unspecified atom stereocenters. The monoisotopic (exact) mass is 336 g/mol. The third-order valence-electron chi connectivity index (χ3n) is 4.52. The summed E-state index contributed by atoms with van der Waals surface area (Å²) in [7, 11) is 0. The van der Waals surface area contributed by atoms with Gasteiger partial charge in [0.1, 0.15) is 5.82 Å². The number of nitrogens with zero attached hydrogens (tertiary/aromatic N) is 4. The summed E-state index contributed by atoms with van der Waals surface area (Å²) in [5.74, 6) is 0.0512. The van der Waals surface area contributed by atoms with Crippen molar-refractivity contribution >= 4 is 11.6 Å². The van der Waals surface area contributed by atoms with Gasteiger partial charge >= 0.3 is 0 Å². The summed E-state index contributed by atoms with van der Waals surface area (Å²) in [4.78, 5) is 18.9. The Balaban J connectivity index is 1.73. The summed E-state index contributed by atoms with van der Waals surface area (Å²) in [6.45, 7) is 2.32. The smallest absolute Gasteiger partial charge is 0.261 e. The number of carbonyl (C=O) groups excluding carboxylic acids is 1. The number of benzene rings is 1. The molecule has 0 saturated carbocycles. The Kier molecular flexibility index (Phi) is 3.80. The van der Waals surface area contributed by atoms with Gasteiger partial charge in [-0.05, 0) is 43.5 Å². The van der Waals surface area contributed by atoms with Crippen LogP contribution in [0.1, 0.15) is 28.0 Å². The van der Waals surface area contributed by atoms with Crippen molar-refractivity contribution in [3.8, 4) is 5.82 Å². The van der Waals surface area contributed by atoms with Crippen molar-refractivity contribution in [1.29, 1.82) is 0 Å². The number of anilines is 1. The van der Waals surface area contributed by atoms with Crippen LogP contribution < -0.4 is 4.90 Å². The average Bonchev–Trinajstić information content (AvgIpc) is 3.03. The fourth-order valence-corrected chi connectivity index (χ4v) is 3.28. The summed E-state index contributed by atoms with van der Waals surface area (Å²) in [6.07, 6.45) is 4.80. The van der Waals surface area contributed by atoms with Gasteiger partial charge in [-0.2, -0.15) is 5.10 Å². The van der Waals surface area contributed by atoms with Crippen molar-refractivity contribution in [2.75, 3.05) is 11.4 Å². The molecule has 0 aliphatic carbocycles. The highest BCUT2D eigenvalue weighted by molar-refractivity contribution is 6.07. The molecular weight excluding hydrogens is 319 g/mol. The lowest BCUT2D eigenvalue weighted by molar-refractivity contribution is 0.0983. The second-order valence-corrected chi connectivity index (χ2v) is 6.05. The number of carbonyl (C=O) groups is 1. The SMILES string of the molecule is Cc1c(C(=O)N2CCCc3cccc(F)c32)cnn1-c1ccccn1. The highest BCUT2D eigenvalue weighted by Gasteiger charge is 2.28. The normalized spacial score (nSPS) is 13.6. The van der Waals surface area contributed by atoms with Gasteiger partial charge in [-0.1, -0.05) is 18.2 Å². The number of pyridine rings is 1. The predicted molar refractivity (Wildman–Crippen MR) is 92.5 cm³/mol. The number of hydrogen-bond donors (Lipinski definition) is 0. The van der Waals surface area contributed by atoms with Gasteiger partial charge in [0.15, 0.2) is 5.82 Å². The lowest BCUT2D eigenvalue weighted by Gasteiger charge is -2.29. The van der Waals surface area contributed by atoms with Gasteiger partial charge in [-0.25, -0.2) is 14.1 Å². The van der Waals surface area contributed by atoms with E-state index in [2.05, 4.69) is 10.1 Å². The minimum Gasteiger partial charge on any atom is -0.305 e. The molecule has 6 heteroatoms. The average molecular weight is 336 g/mol. The first-order valence-electron chi connectivity index (χ1n) is 8.22. The van der Waals surface area contributed by atoms with Gasteiger partial charge in [0, 0.05) is 12.7 Å². The number of aromatic nitrogens is 3. The molecule has 1 aliphatic rings. The van der Waals surface area contributed by atoms with Gasteiger partial charge in [0.2, 0.25) is 0 Å². The van der Waals surface area contributed by atoms with E-state index in [1.807, 2.05) is 31.2 Å². The summed E-state index contributed by atoms with van der Waals surface area (Å²) in [6, 6.07) is 10.5. The van der Waals surface area contributed by atoms with E-state index in [0.717, 1.165) is 18.4 Å². The van der Waals surface area contributed by atoms with Crippen LogP contribution in [0.4, 0.5) is 10.1 Å². The van der Waals surface area contributed by atoms with E-state index in [4.69, 9.17) is 0 Å². The van der Waals surface area contributed by atoms with Crippen LogP contribution in [0.2, 0.25) is 0 Å². The third kappa shape index (κ3) is 2.59. The molecule has 3 aromatic rings. The van der Waals surface area contributed by atoms with E-state index < -0.39 is 0 Å². The van der Waals surface area contributed by atoms with Crippen molar-refractivity contribution in [3.05, 3.63) is 71.4 Å². The Labute approximate surface area is 144 Å². The third-order valence-corrected chi connectivity index (χ3v) is 4.52. The molecule has 0 bridgehead atoms. The van der Waals surface area contributed by atoms with Crippen molar-refractivity contribution < 1.29 is 9.18 Å². The molecule has 0 fully saturated rings. The molecule has 25 heavy (non-hydrogen) atoms. The summed E-state index contributed by atoms with van der Waals surface area (Å²) < 4.78 is 16.0. The largest absolute Gasteiger partial charge is 0.305 e. The molecule has 2 aromatic heterocycles. The quantitative estimate of drug-likeness (QED) is 0.721. The van der Waals surface area contributed by atoms with E-state index in [-0.39, 0.29) is 11.7 Å². The minimum absolute atomic E-state index is 0.231. The molecule has 0 N–H and O–H groups in total. The van der Waals surface area contributed by atoms with Crippen LogP contribution >= 0.6 is 0 Å². The Morgan fingerprint density at radius 1 is 1.20 bits per heavy atom. The standard InChI is InChI=1S/C19H17FN4O/c1-13-15(12-22-24(13)17-9-2-3-10-21-17)19(25)23-11-5-7-14-6-4-8-16(20)18(14)23/h2-4,6,8-10,12H,5,7,11H2,1H3. The summed E-state index contributed by atoms with van der Waals surface area (Å²) in [5, 5.41) is 4.29. The van der Waals surface area contributed by atoms with Crippen LogP contribution in [0.5, 0.6) is 0 Å². The van der Waals surface area contributed by atoms with Gasteiger partial charge in [0.05, 0.1) is 23.1 Å². The highest BCUT2D eigenvalue weighted by Crippen LogP contribution is 2.31. The van der Waals surface area contributed by atoms with Crippen LogP contribution in [0.15, 0.2) is 48.8 Å². The Hall–Kier alpha value is -3.02. The van der Waals surface area contributed by atoms with E-state index in [0.29, 0.717) is 29.3 Å². The number of halogens is 1. The van der Waals surface area contributed by atoms with Crippen molar-refractivity contribution in [1.82, 2.24) is 14.8 Å². The maximum absolute atomic E-state index is 14.3. The molecule has 1 aliphatic heterocycles. The van der Waals surface area contributed by atoms with Crippen LogP contribution in [0.3, 0.4) is 0 Å². The van der Waals surface area contributed by atoms with Gasteiger partial charge in [-0.15, -0.1) is 0 Å². The molecule has 1 amide bonds. The van der Waals surface area contributed by atoms with Gasteiger partial charge in [0.25, 0.3) is 5.91 Å². The molecule has 0 radical (unpaired) electrons. The number of fused-ring (bicyclic) bond motifs is 1. The predicted octanol–water partition coefficient (Wildman–Crippen LogP) is 3.31. The fraction of sp³-hybridized carbons (Fsp3) is 0.211. The molecule has 0 atom stereocenters. The molecule has 5 nitrogen and oxygen atoms in total. The zero-order valence-electron chi connectivity index (χ0n) is 13.8. The molecule has 3 heterocycles. The van der Waals surface area contributed by atoms with Gasteiger partial charge in [-0.3, -0.25) is 4.79 Å². The first-order valence-corrected chi connectivity index (χ1v) is 8.22. The van der Waals surface area contributed by atoms with Crippen molar-refractivity contribution in [2.24, 2.45) is 0 Å². The van der Waals surface area contributed by atoms with Crippen molar-refractivity contribution in [3.63, 3.8) is 0 Å². The fourth-order valence-electron chi connectivity index (χ4n) is 3.28. The van der Waals surface area contributed by atoms with E-state index in [1.165, 1.54) is 17.2 Å². The zero-order chi connectivity index (χ0) is 17.4. The van der Waals surface area contributed by atoms with E-state index >= 15 is 0 Å². The number of amides is 1. The Morgan fingerprint density at radius 3 is 2.88 bits per heavy atom. The summed E-state index contributed by atoms with van der Waals surface area (Å²) >= 11 is 0. The number of hydrogen-bond acceptors (Lipinski definition) is 3. The Morgan fingerprint density at radius 2 is 2.08 bits per heavy atom. The zero-order valence-corrected chi connectivity index (χ0v) is 13.8. The topological polar surface area (TPSA) is 51.0 Å². The molecule has 4 rings (SSSR count). The second kappa shape index (κ2) is 6.12. The van der Waals surface area contributed by atoms with E-state index in [9.17, 15) is 9.18 Å². The maximum atomic E-state index is 14.3. The van der Waals surface area contributed by atoms with Crippen LogP contribution in [-0.4, -0.2) is 27.2 Å². The number of rotatable bonds is 2. The van der Waals surface area contributed by atoms with Gasteiger partial charge < -0.3 is 4.90 Å². The molecular formula is C19H17FN4O. The number of para-hydroxylation sites is 1. The van der Waals surface area contributed by atoms with Crippen LogP contribution in [0, 0.1) is 12.7 Å². The number of aryl methyl sites for hydroxylation is 1. The van der Waals surface area contributed by atoms with E-state index in [1.54, 1.807) is 16.9 Å². The van der Waals surface area contributed by atoms with Crippen LogP contribution in [0.25, 0.3) is 5.82 Å². The second-order valence-electron chi connectivity index (χ2n) is 6.05. The summed E-state index contributed by atoms with van der Waals surface area (Å²) in [5.41, 5.74) is 2.41.